The molecule has 3 rings (SSSR count). The summed E-state index contributed by atoms with van der Waals surface area (Å²) in [5.74, 6) is -0.671. The molecule has 138 valence electrons. The molecule has 27 heavy (non-hydrogen) atoms. The van der Waals surface area contributed by atoms with Crippen LogP contribution in [0.25, 0.3) is 10.8 Å². The highest BCUT2D eigenvalue weighted by Crippen LogP contribution is 2.28. The number of benzene rings is 3. The van der Waals surface area contributed by atoms with Crippen LogP contribution in [0.1, 0.15) is 12.0 Å². The van der Waals surface area contributed by atoms with Gasteiger partial charge in [0.2, 0.25) is 5.91 Å². The number of rotatable bonds is 8. The molecule has 0 unspecified atom stereocenters. The molecule has 0 heterocycles. The number of thioether (sulfide) groups is 1. The highest BCUT2D eigenvalue weighted by Gasteiger charge is 2.19. The molecule has 5 heteroatoms. The van der Waals surface area contributed by atoms with E-state index in [1.54, 1.807) is 11.8 Å². The van der Waals surface area contributed by atoms with E-state index in [1.165, 1.54) is 0 Å². The second kappa shape index (κ2) is 9.24. The number of carbonyl (C=O) groups is 2. The van der Waals surface area contributed by atoms with Gasteiger partial charge in [-0.2, -0.15) is 0 Å². The number of nitrogens with one attached hydrogen (secondary N) is 1. The fourth-order valence-electron chi connectivity index (χ4n) is 2.89. The van der Waals surface area contributed by atoms with E-state index in [2.05, 4.69) is 23.5 Å². The van der Waals surface area contributed by atoms with E-state index in [9.17, 15) is 14.7 Å². The normalized spacial score (nSPS) is 11.9. The molecule has 0 fully saturated rings. The number of carboxylic acid groups (broad SMARTS) is 1. The number of hydrogen-bond acceptors (Lipinski definition) is 3. The maximum atomic E-state index is 12.2. The first kappa shape index (κ1) is 19.0. The van der Waals surface area contributed by atoms with Gasteiger partial charge in [0.25, 0.3) is 0 Å². The van der Waals surface area contributed by atoms with E-state index >= 15 is 0 Å². The highest BCUT2D eigenvalue weighted by molar-refractivity contribution is 7.99. The largest absolute Gasteiger partial charge is 0.480 e. The standard InChI is InChI=1S/C22H21NO3S/c24-21(15-16-7-2-1-3-8-16)23-19(22(25)26)13-14-27-20-12-6-10-17-9-4-5-11-18(17)20/h1-12,19H,13-15H2,(H,23,24)(H,25,26)/t19-/m0/s1. The topological polar surface area (TPSA) is 66.4 Å². The van der Waals surface area contributed by atoms with Crippen molar-refractivity contribution < 1.29 is 14.7 Å². The molecule has 0 aliphatic heterocycles. The van der Waals surface area contributed by atoms with Crippen LogP contribution in [0.2, 0.25) is 0 Å². The Morgan fingerprint density at radius 2 is 1.63 bits per heavy atom. The van der Waals surface area contributed by atoms with Crippen molar-refractivity contribution in [2.24, 2.45) is 0 Å². The first-order valence-corrected chi connectivity index (χ1v) is 9.79. The molecule has 0 radical (unpaired) electrons. The molecule has 3 aromatic rings. The molecular weight excluding hydrogens is 358 g/mol. The summed E-state index contributed by atoms with van der Waals surface area (Å²) < 4.78 is 0. The van der Waals surface area contributed by atoms with Crippen molar-refractivity contribution in [1.29, 1.82) is 0 Å². The zero-order valence-corrected chi connectivity index (χ0v) is 15.6. The number of fused-ring (bicyclic) bond motifs is 1. The van der Waals surface area contributed by atoms with Gasteiger partial charge in [-0.1, -0.05) is 66.7 Å². The highest BCUT2D eigenvalue weighted by atomic mass is 32.2. The summed E-state index contributed by atoms with van der Waals surface area (Å²) in [4.78, 5) is 24.8. The van der Waals surface area contributed by atoms with Crippen molar-refractivity contribution in [3.63, 3.8) is 0 Å². The summed E-state index contributed by atoms with van der Waals surface area (Å²) >= 11 is 1.61. The van der Waals surface area contributed by atoms with E-state index < -0.39 is 12.0 Å². The van der Waals surface area contributed by atoms with E-state index in [0.29, 0.717) is 12.2 Å². The van der Waals surface area contributed by atoms with E-state index in [4.69, 9.17) is 0 Å². The van der Waals surface area contributed by atoms with Crippen LogP contribution in [0.5, 0.6) is 0 Å². The Morgan fingerprint density at radius 3 is 2.41 bits per heavy atom. The van der Waals surface area contributed by atoms with Gasteiger partial charge >= 0.3 is 5.97 Å². The van der Waals surface area contributed by atoms with Gasteiger partial charge in [0.1, 0.15) is 6.04 Å². The molecule has 0 spiro atoms. The Morgan fingerprint density at radius 1 is 0.926 bits per heavy atom. The fraction of sp³-hybridized carbons (Fsp3) is 0.182. The Kier molecular flexibility index (Phi) is 6.49. The smallest absolute Gasteiger partial charge is 0.326 e. The van der Waals surface area contributed by atoms with Gasteiger partial charge in [0.15, 0.2) is 0 Å². The van der Waals surface area contributed by atoms with Crippen molar-refractivity contribution in [2.75, 3.05) is 5.75 Å². The van der Waals surface area contributed by atoms with Gasteiger partial charge in [0.05, 0.1) is 6.42 Å². The first-order valence-electron chi connectivity index (χ1n) is 8.80. The van der Waals surface area contributed by atoms with Crippen LogP contribution in [-0.4, -0.2) is 28.8 Å². The van der Waals surface area contributed by atoms with Gasteiger partial charge in [-0.15, -0.1) is 11.8 Å². The first-order chi connectivity index (χ1) is 13.1. The van der Waals surface area contributed by atoms with Gasteiger partial charge in [0, 0.05) is 10.6 Å². The van der Waals surface area contributed by atoms with Crippen molar-refractivity contribution in [3.8, 4) is 0 Å². The zero-order valence-electron chi connectivity index (χ0n) is 14.8. The van der Waals surface area contributed by atoms with Gasteiger partial charge in [-0.05, 0) is 28.8 Å². The molecule has 1 amide bonds. The van der Waals surface area contributed by atoms with E-state index in [-0.39, 0.29) is 12.3 Å². The predicted molar refractivity (Wildman–Crippen MR) is 109 cm³/mol. The molecular formula is C22H21NO3S. The van der Waals surface area contributed by atoms with Crippen LogP contribution in [0, 0.1) is 0 Å². The fourth-order valence-corrected chi connectivity index (χ4v) is 3.98. The third-order valence-electron chi connectivity index (χ3n) is 4.25. The van der Waals surface area contributed by atoms with Crippen molar-refractivity contribution >= 4 is 34.4 Å². The summed E-state index contributed by atoms with van der Waals surface area (Å²) in [5.41, 5.74) is 0.865. The van der Waals surface area contributed by atoms with Crippen LogP contribution in [0.4, 0.5) is 0 Å². The molecule has 2 N–H and O–H groups in total. The average molecular weight is 379 g/mol. The van der Waals surface area contributed by atoms with Crippen LogP contribution in [-0.2, 0) is 16.0 Å². The number of hydrogen-bond donors (Lipinski definition) is 2. The Balaban J connectivity index is 1.57. The monoisotopic (exact) mass is 379 g/mol. The number of carbonyl (C=O) groups excluding carboxylic acids is 1. The summed E-state index contributed by atoms with van der Waals surface area (Å²) in [6.07, 6.45) is 0.546. The lowest BCUT2D eigenvalue weighted by atomic mass is 10.1. The quantitative estimate of drug-likeness (QED) is 0.578. The van der Waals surface area contributed by atoms with Crippen LogP contribution in [0.15, 0.2) is 77.7 Å². The van der Waals surface area contributed by atoms with Crippen LogP contribution < -0.4 is 5.32 Å². The number of aliphatic carboxylic acids is 1. The third-order valence-corrected chi connectivity index (χ3v) is 5.36. The Labute approximate surface area is 162 Å². The summed E-state index contributed by atoms with van der Waals surface area (Å²) in [5, 5.41) is 14.4. The maximum absolute atomic E-state index is 12.2. The lowest BCUT2D eigenvalue weighted by molar-refractivity contribution is -0.141. The minimum atomic E-state index is -1.00. The number of carboxylic acids is 1. The molecule has 3 aromatic carbocycles. The molecule has 0 saturated carbocycles. The van der Waals surface area contributed by atoms with Crippen LogP contribution >= 0.6 is 11.8 Å². The second-order valence-corrected chi connectivity index (χ2v) is 7.37. The van der Waals surface area contributed by atoms with E-state index in [1.807, 2.05) is 54.6 Å². The lowest BCUT2D eigenvalue weighted by Gasteiger charge is -2.15. The van der Waals surface area contributed by atoms with Crippen molar-refractivity contribution in [2.45, 2.75) is 23.8 Å². The average Bonchev–Trinajstić information content (AvgIpc) is 2.68. The minimum Gasteiger partial charge on any atom is -0.480 e. The SMILES string of the molecule is O=C(Cc1ccccc1)N[C@@H](CCSc1cccc2ccccc12)C(=O)O. The minimum absolute atomic E-state index is 0.182. The molecule has 0 aromatic heterocycles. The van der Waals surface area contributed by atoms with Gasteiger partial charge in [-0.25, -0.2) is 4.79 Å². The Hall–Kier alpha value is -2.79. The predicted octanol–water partition coefficient (Wildman–Crippen LogP) is 4.13. The Bertz CT molecular complexity index is 922. The molecule has 0 aliphatic rings. The summed E-state index contributed by atoms with van der Waals surface area (Å²) in [6, 6.07) is 22.6. The summed E-state index contributed by atoms with van der Waals surface area (Å²) in [7, 11) is 0. The molecule has 0 saturated heterocycles. The van der Waals surface area contributed by atoms with Gasteiger partial charge in [-0.3, -0.25) is 4.79 Å². The molecule has 4 nitrogen and oxygen atoms in total. The van der Waals surface area contributed by atoms with Crippen molar-refractivity contribution in [3.05, 3.63) is 78.4 Å². The van der Waals surface area contributed by atoms with Crippen LogP contribution in [0.3, 0.4) is 0 Å². The second-order valence-electron chi connectivity index (χ2n) is 6.24. The lowest BCUT2D eigenvalue weighted by Crippen LogP contribution is -2.41. The third kappa shape index (κ3) is 5.34. The van der Waals surface area contributed by atoms with Gasteiger partial charge < -0.3 is 10.4 Å². The van der Waals surface area contributed by atoms with E-state index in [0.717, 1.165) is 21.2 Å². The molecule has 0 aliphatic carbocycles. The molecule has 0 bridgehead atoms. The maximum Gasteiger partial charge on any atom is 0.326 e. The van der Waals surface area contributed by atoms with Crippen molar-refractivity contribution in [1.82, 2.24) is 5.32 Å². The summed E-state index contributed by atoms with van der Waals surface area (Å²) in [6.45, 7) is 0. The number of amides is 1. The zero-order chi connectivity index (χ0) is 19.1. The molecule has 1 atom stereocenters.